The molecule has 0 bridgehead atoms. The van der Waals surface area contributed by atoms with E-state index in [9.17, 15) is 13.2 Å². The van der Waals surface area contributed by atoms with Crippen LogP contribution >= 0.6 is 0 Å². The third kappa shape index (κ3) is 5.60. The molecule has 46 heavy (non-hydrogen) atoms. The first-order valence-electron chi connectivity index (χ1n) is 15.5. The minimum Gasteiger partial charge on any atom is -0.363 e. The van der Waals surface area contributed by atoms with Gasteiger partial charge in [-0.1, -0.05) is 42.0 Å². The molecule has 1 aliphatic heterocycles. The van der Waals surface area contributed by atoms with Gasteiger partial charge < -0.3 is 20.4 Å². The summed E-state index contributed by atoms with van der Waals surface area (Å²) in [5.74, 6) is 0.749. The van der Waals surface area contributed by atoms with Crippen LogP contribution in [0.5, 0.6) is 0 Å². The molecule has 0 spiro atoms. The number of aryl methyl sites for hydroxylation is 2. The number of rotatable bonds is 8. The van der Waals surface area contributed by atoms with Crippen LogP contribution in [-0.4, -0.2) is 81.1 Å². The predicted molar refractivity (Wildman–Crippen MR) is 177 cm³/mol. The van der Waals surface area contributed by atoms with Crippen LogP contribution in [0.15, 0.2) is 78.1 Å². The summed E-state index contributed by atoms with van der Waals surface area (Å²) in [6.45, 7) is 6.81. The molecule has 0 saturated carbocycles. The molecule has 1 aliphatic carbocycles. The minimum atomic E-state index is -3.94. The number of anilines is 3. The summed E-state index contributed by atoms with van der Waals surface area (Å²) in [7, 11) is -1.89. The Morgan fingerprint density at radius 2 is 1.76 bits per heavy atom. The first-order valence-corrected chi connectivity index (χ1v) is 17.0. The fourth-order valence-electron chi connectivity index (χ4n) is 6.20. The van der Waals surface area contributed by atoms with Gasteiger partial charge in [0.2, 0.25) is 11.9 Å². The molecule has 2 aliphatic rings. The number of aromatic nitrogens is 5. The number of hydrogen-bond acceptors (Lipinski definition) is 9. The number of benzene rings is 2. The molecule has 12 nitrogen and oxygen atoms in total. The number of likely N-dealkylation sites (N-methyl/N-ethyl adjacent to an activating group) is 1. The Bertz CT molecular complexity index is 2010. The first-order chi connectivity index (χ1) is 22.2. The molecule has 5 aromatic rings. The van der Waals surface area contributed by atoms with E-state index in [4.69, 9.17) is 9.97 Å². The van der Waals surface area contributed by atoms with E-state index in [2.05, 4.69) is 39.8 Å². The molecular formula is C33H37N9O3S. The van der Waals surface area contributed by atoms with Gasteiger partial charge in [-0.05, 0) is 63.1 Å². The standard InChI is InChI=1S/C33H37N9O3S/c1-22-8-11-26(12-9-22)46(44,45)42-15-14-28-30(36-29-13-10-24-6-4-5-7-27(24)29)37-33(38-31(28)42)35-25-20-34-41(21-25)23(2)32(43)40-18-16-39(3)17-19-40/h4-9,11-12,14-15,20-21,23,29H,10,13,16-19H2,1-3H3,(H2,35,36,37,38)/t23?,29-/m0/s1. The van der Waals surface area contributed by atoms with Gasteiger partial charge in [0.05, 0.1) is 28.2 Å². The predicted octanol–water partition coefficient (Wildman–Crippen LogP) is 4.35. The normalized spacial score (nSPS) is 17.6. The highest BCUT2D eigenvalue weighted by molar-refractivity contribution is 7.90. The number of carbonyl (C=O) groups excluding carboxylic acids is 1. The maximum atomic E-state index is 13.8. The van der Waals surface area contributed by atoms with E-state index in [0.29, 0.717) is 30.0 Å². The lowest BCUT2D eigenvalue weighted by Crippen LogP contribution is -2.49. The topological polar surface area (TPSA) is 130 Å². The first kappa shape index (κ1) is 29.9. The second-order valence-electron chi connectivity index (χ2n) is 12.1. The zero-order valence-electron chi connectivity index (χ0n) is 26.1. The Labute approximate surface area is 268 Å². The van der Waals surface area contributed by atoms with Crippen molar-refractivity contribution >= 4 is 44.4 Å². The van der Waals surface area contributed by atoms with Crippen LogP contribution in [-0.2, 0) is 21.2 Å². The quantitative estimate of drug-likeness (QED) is 0.255. The Morgan fingerprint density at radius 3 is 2.54 bits per heavy atom. The van der Waals surface area contributed by atoms with Gasteiger partial charge in [0.1, 0.15) is 11.9 Å². The summed E-state index contributed by atoms with van der Waals surface area (Å²) in [5, 5.41) is 11.8. The van der Waals surface area contributed by atoms with Crippen LogP contribution in [0.2, 0.25) is 0 Å². The highest BCUT2D eigenvalue weighted by atomic mass is 32.2. The van der Waals surface area contributed by atoms with Crippen molar-refractivity contribution in [3.63, 3.8) is 0 Å². The number of carbonyl (C=O) groups is 1. The van der Waals surface area contributed by atoms with Crippen molar-refractivity contribution in [3.8, 4) is 0 Å². The summed E-state index contributed by atoms with van der Waals surface area (Å²) >= 11 is 0. The number of nitrogens with one attached hydrogen (secondary N) is 2. The van der Waals surface area contributed by atoms with Crippen molar-refractivity contribution in [3.05, 3.63) is 89.9 Å². The number of piperazine rings is 1. The molecule has 2 N–H and O–H groups in total. The number of fused-ring (bicyclic) bond motifs is 2. The van der Waals surface area contributed by atoms with E-state index in [-0.39, 0.29) is 28.4 Å². The minimum absolute atomic E-state index is 0.0166. The second kappa shape index (κ2) is 11.9. The maximum Gasteiger partial charge on any atom is 0.269 e. The molecule has 7 rings (SSSR count). The Hall–Kier alpha value is -4.75. The van der Waals surface area contributed by atoms with E-state index in [1.165, 1.54) is 21.3 Å². The van der Waals surface area contributed by atoms with E-state index in [1.807, 2.05) is 30.9 Å². The molecule has 0 radical (unpaired) electrons. The molecule has 238 valence electrons. The maximum absolute atomic E-state index is 13.8. The van der Waals surface area contributed by atoms with Crippen molar-refractivity contribution < 1.29 is 13.2 Å². The van der Waals surface area contributed by atoms with Gasteiger partial charge in [-0.25, -0.2) is 12.4 Å². The van der Waals surface area contributed by atoms with Gasteiger partial charge in [0, 0.05) is 38.6 Å². The van der Waals surface area contributed by atoms with E-state index >= 15 is 0 Å². The Balaban J connectivity index is 1.22. The average molecular weight is 640 g/mol. The highest BCUT2D eigenvalue weighted by Gasteiger charge is 2.28. The molecule has 13 heteroatoms. The lowest BCUT2D eigenvalue weighted by molar-refractivity contribution is -0.136. The molecule has 2 aromatic carbocycles. The molecule has 1 saturated heterocycles. The lowest BCUT2D eigenvalue weighted by Gasteiger charge is -2.33. The van der Waals surface area contributed by atoms with Crippen molar-refractivity contribution in [2.75, 3.05) is 43.9 Å². The van der Waals surface area contributed by atoms with E-state index in [1.54, 1.807) is 47.4 Å². The van der Waals surface area contributed by atoms with Crippen LogP contribution in [0.3, 0.4) is 0 Å². The van der Waals surface area contributed by atoms with Crippen LogP contribution < -0.4 is 10.6 Å². The largest absolute Gasteiger partial charge is 0.363 e. The zero-order chi connectivity index (χ0) is 32.0. The van der Waals surface area contributed by atoms with Crippen LogP contribution in [0, 0.1) is 6.92 Å². The molecule has 3 aromatic heterocycles. The van der Waals surface area contributed by atoms with Crippen LogP contribution in [0.4, 0.5) is 17.5 Å². The number of hydrogen-bond donors (Lipinski definition) is 2. The SMILES string of the molecule is Cc1ccc(S(=O)(=O)n2ccc3c(N[C@H]4CCc5ccccc54)nc(Nc4cnn(C(C)C(=O)N5CCN(C)CC5)c4)nc32)cc1. The third-order valence-electron chi connectivity index (χ3n) is 8.96. The molecule has 2 atom stereocenters. The van der Waals surface area contributed by atoms with Gasteiger partial charge in [0.25, 0.3) is 10.0 Å². The second-order valence-corrected chi connectivity index (χ2v) is 14.0. The summed E-state index contributed by atoms with van der Waals surface area (Å²) in [6.07, 6.45) is 6.72. The van der Waals surface area contributed by atoms with Gasteiger partial charge in [-0.2, -0.15) is 15.1 Å². The third-order valence-corrected chi connectivity index (χ3v) is 10.6. The van der Waals surface area contributed by atoms with Gasteiger partial charge in [0.15, 0.2) is 5.65 Å². The monoisotopic (exact) mass is 639 g/mol. The van der Waals surface area contributed by atoms with Crippen molar-refractivity contribution in [1.29, 1.82) is 0 Å². The van der Waals surface area contributed by atoms with Gasteiger partial charge in [-0.3, -0.25) is 9.48 Å². The summed E-state index contributed by atoms with van der Waals surface area (Å²) in [5.41, 5.74) is 4.28. The van der Waals surface area contributed by atoms with Gasteiger partial charge >= 0.3 is 0 Å². The van der Waals surface area contributed by atoms with Gasteiger partial charge in [-0.15, -0.1) is 0 Å². The average Bonchev–Trinajstić information content (AvgIpc) is 3.80. The Kier molecular flexibility index (Phi) is 7.73. The highest BCUT2D eigenvalue weighted by Crippen LogP contribution is 2.36. The summed E-state index contributed by atoms with van der Waals surface area (Å²) in [4.78, 5) is 27.0. The molecule has 4 heterocycles. The molecule has 1 unspecified atom stereocenters. The number of amides is 1. The van der Waals surface area contributed by atoms with Crippen LogP contribution in [0.1, 0.15) is 42.1 Å². The van der Waals surface area contributed by atoms with Crippen LogP contribution in [0.25, 0.3) is 11.0 Å². The van der Waals surface area contributed by atoms with Crippen molar-refractivity contribution in [2.24, 2.45) is 0 Å². The zero-order valence-corrected chi connectivity index (χ0v) is 26.9. The molecule has 1 fully saturated rings. The molecular weight excluding hydrogens is 602 g/mol. The lowest BCUT2D eigenvalue weighted by atomic mass is 10.1. The number of nitrogens with zero attached hydrogens (tertiary/aromatic N) is 7. The van der Waals surface area contributed by atoms with E-state index in [0.717, 1.165) is 31.5 Å². The Morgan fingerprint density at radius 1 is 1.00 bits per heavy atom. The van der Waals surface area contributed by atoms with Crippen molar-refractivity contribution in [1.82, 2.24) is 33.5 Å². The fraction of sp³-hybridized carbons (Fsp3) is 0.333. The summed E-state index contributed by atoms with van der Waals surface area (Å²) in [6, 6.07) is 16.3. The summed E-state index contributed by atoms with van der Waals surface area (Å²) < 4.78 is 30.4. The molecule has 1 amide bonds. The smallest absolute Gasteiger partial charge is 0.269 e. The fourth-order valence-corrected chi connectivity index (χ4v) is 7.49. The van der Waals surface area contributed by atoms with Crippen molar-refractivity contribution in [2.45, 2.75) is 43.7 Å². The van der Waals surface area contributed by atoms with E-state index < -0.39 is 16.1 Å².